The van der Waals surface area contributed by atoms with Crippen LogP contribution in [0.5, 0.6) is 0 Å². The lowest BCUT2D eigenvalue weighted by molar-refractivity contribution is -0.210. The number of allylic oxidation sites excluding steroid dienone is 3. The lowest BCUT2D eigenvalue weighted by Crippen LogP contribution is -2.41. The molecular weight excluding hydrogens is 263 g/mol. The molecule has 17 heavy (non-hydrogen) atoms. The maximum atomic E-state index is 12.0. The van der Waals surface area contributed by atoms with Gasteiger partial charge < -0.3 is 10.4 Å². The smallest absolute Gasteiger partial charge is 0.366 e. The van der Waals surface area contributed by atoms with Gasteiger partial charge in [-0.3, -0.25) is 4.55 Å². The van der Waals surface area contributed by atoms with Crippen LogP contribution in [0.25, 0.3) is 0 Å². The molecule has 0 aliphatic rings. The van der Waals surface area contributed by atoms with Gasteiger partial charge in [-0.15, -0.1) is 0 Å². The maximum absolute atomic E-state index is 12.0. The van der Waals surface area contributed by atoms with Crippen LogP contribution in [0.3, 0.4) is 0 Å². The summed E-state index contributed by atoms with van der Waals surface area (Å²) in [6.45, 7) is 3.19. The minimum Gasteiger partial charge on any atom is -0.366 e. The second-order valence-electron chi connectivity index (χ2n) is 2.76. The summed E-state index contributed by atoms with van der Waals surface area (Å²) in [5.41, 5.74) is -0.387. The van der Waals surface area contributed by atoms with Gasteiger partial charge in [0.05, 0.1) is 5.41 Å². The second kappa shape index (κ2) is 5.84. The Labute approximate surface area is 95.7 Å². The van der Waals surface area contributed by atoms with E-state index in [-0.39, 0.29) is 11.1 Å². The highest BCUT2D eigenvalue weighted by molar-refractivity contribution is 7.88. The van der Waals surface area contributed by atoms with Gasteiger partial charge in [0, 0.05) is 5.70 Å². The van der Waals surface area contributed by atoms with Gasteiger partial charge in [0.2, 0.25) is 6.23 Å². The maximum Gasteiger partial charge on any atom is 0.433 e. The first-order valence-electron chi connectivity index (χ1n) is 4.06. The van der Waals surface area contributed by atoms with Crippen molar-refractivity contribution in [1.29, 1.82) is 0 Å². The first kappa shape index (κ1) is 15.7. The Morgan fingerprint density at radius 2 is 1.94 bits per heavy atom. The van der Waals surface area contributed by atoms with Crippen molar-refractivity contribution < 1.29 is 31.2 Å². The first-order valence-corrected chi connectivity index (χ1v) is 5.56. The van der Waals surface area contributed by atoms with Crippen molar-refractivity contribution in [3.05, 3.63) is 35.9 Å². The van der Waals surface area contributed by atoms with Gasteiger partial charge >= 0.3 is 6.18 Å². The summed E-state index contributed by atoms with van der Waals surface area (Å²) in [5, 5.41) is 10.5. The Balaban J connectivity index is 4.87. The number of rotatable bonds is 5. The fraction of sp³-hybridized carbons (Fsp3) is 0.250. The fourth-order valence-corrected chi connectivity index (χ4v) is 0.996. The van der Waals surface area contributed by atoms with Crippen molar-refractivity contribution in [3.8, 4) is 0 Å². The van der Waals surface area contributed by atoms with E-state index in [0.29, 0.717) is 6.08 Å². The molecule has 0 heterocycles. The van der Waals surface area contributed by atoms with E-state index >= 15 is 0 Å². The van der Waals surface area contributed by atoms with Gasteiger partial charge in [-0.25, -0.2) is 0 Å². The van der Waals surface area contributed by atoms with Gasteiger partial charge in [-0.05, 0) is 12.2 Å². The van der Waals surface area contributed by atoms with Crippen LogP contribution in [-0.2, 0) is 10.1 Å². The lowest BCUT2D eigenvalue weighted by atomic mass is 10.3. The van der Waals surface area contributed by atoms with E-state index in [4.69, 9.17) is 9.66 Å². The van der Waals surface area contributed by atoms with E-state index in [9.17, 15) is 21.6 Å². The predicted octanol–water partition coefficient (Wildman–Crippen LogP) is 0.928. The summed E-state index contributed by atoms with van der Waals surface area (Å²) in [5.74, 6) is 0. The van der Waals surface area contributed by atoms with Crippen LogP contribution in [0.15, 0.2) is 35.9 Å². The summed E-state index contributed by atoms with van der Waals surface area (Å²) in [7, 11) is -4.47. The Kier molecular flexibility index (Phi) is 5.39. The molecule has 0 aromatic rings. The SMILES string of the molecule is C=C/C=C(\C=C\S(=O)(=O)O)NC(O)C(F)(F)F. The monoisotopic (exact) mass is 273 g/mol. The van der Waals surface area contributed by atoms with E-state index in [0.717, 1.165) is 12.2 Å². The molecule has 0 bridgehead atoms. The quantitative estimate of drug-likeness (QED) is 0.394. The van der Waals surface area contributed by atoms with Crippen LogP contribution in [0.4, 0.5) is 13.2 Å². The number of nitrogens with one attached hydrogen (secondary N) is 1. The highest BCUT2D eigenvalue weighted by Gasteiger charge is 2.38. The molecule has 98 valence electrons. The van der Waals surface area contributed by atoms with Gasteiger partial charge in [0.15, 0.2) is 0 Å². The Morgan fingerprint density at radius 1 is 1.41 bits per heavy atom. The molecule has 1 unspecified atom stereocenters. The van der Waals surface area contributed by atoms with Crippen molar-refractivity contribution >= 4 is 10.1 Å². The molecular formula is C8H10F3NO4S. The predicted molar refractivity (Wildman–Crippen MR) is 54.2 cm³/mol. The fourth-order valence-electron chi connectivity index (χ4n) is 0.678. The van der Waals surface area contributed by atoms with E-state index in [1.54, 1.807) is 5.32 Å². The normalized spacial score (nSPS) is 15.9. The molecule has 0 fully saturated rings. The van der Waals surface area contributed by atoms with Gasteiger partial charge in [0.1, 0.15) is 0 Å². The van der Waals surface area contributed by atoms with Crippen molar-refractivity contribution in [2.45, 2.75) is 12.4 Å². The Bertz CT molecular complexity index is 425. The molecule has 0 aromatic carbocycles. The molecule has 0 saturated heterocycles. The van der Waals surface area contributed by atoms with Crippen LogP contribution in [0, 0.1) is 0 Å². The number of alkyl halides is 3. The number of hydrogen-bond acceptors (Lipinski definition) is 4. The minimum atomic E-state index is -4.91. The molecule has 9 heteroatoms. The Morgan fingerprint density at radius 3 is 2.29 bits per heavy atom. The van der Waals surface area contributed by atoms with Crippen molar-refractivity contribution in [2.24, 2.45) is 0 Å². The zero-order valence-corrected chi connectivity index (χ0v) is 9.16. The topological polar surface area (TPSA) is 86.6 Å². The molecule has 0 radical (unpaired) electrons. The number of aliphatic hydroxyl groups is 1. The highest BCUT2D eigenvalue weighted by Crippen LogP contribution is 2.19. The first-order chi connectivity index (χ1) is 7.56. The average Bonchev–Trinajstić information content (AvgIpc) is 2.11. The molecule has 0 aliphatic carbocycles. The van der Waals surface area contributed by atoms with E-state index in [1.165, 1.54) is 0 Å². The van der Waals surface area contributed by atoms with Gasteiger partial charge in [-0.2, -0.15) is 21.6 Å². The molecule has 3 N–H and O–H groups in total. The van der Waals surface area contributed by atoms with Gasteiger partial charge in [-0.1, -0.05) is 12.7 Å². The highest BCUT2D eigenvalue weighted by atomic mass is 32.2. The second-order valence-corrected chi connectivity index (χ2v) is 4.07. The standard InChI is InChI=1S/C8H10F3NO4S/c1-2-3-6(4-5-17(14,15)16)12-7(13)8(9,10)11/h2-5,7,12-13H,1H2,(H,14,15,16)/b5-4+,6-3+. The molecule has 1 atom stereocenters. The zero-order chi connectivity index (χ0) is 13.7. The third-order valence-corrected chi connectivity index (χ3v) is 1.81. The third-order valence-electron chi connectivity index (χ3n) is 1.33. The summed E-state index contributed by atoms with van der Waals surface area (Å²) in [6, 6.07) is 0. The van der Waals surface area contributed by atoms with Gasteiger partial charge in [0.25, 0.3) is 10.1 Å². The number of halogens is 3. The van der Waals surface area contributed by atoms with E-state index < -0.39 is 22.5 Å². The number of hydrogen-bond donors (Lipinski definition) is 3. The summed E-state index contributed by atoms with van der Waals surface area (Å²) in [4.78, 5) is 0. The molecule has 0 aromatic heterocycles. The van der Waals surface area contributed by atoms with Crippen molar-refractivity contribution in [3.63, 3.8) is 0 Å². The Hall–Kier alpha value is -1.32. The molecule has 0 rings (SSSR count). The lowest BCUT2D eigenvalue weighted by Gasteiger charge is -2.17. The van der Waals surface area contributed by atoms with Crippen LogP contribution >= 0.6 is 0 Å². The summed E-state index contributed by atoms with van der Waals surface area (Å²) < 4.78 is 64.9. The van der Waals surface area contributed by atoms with E-state index in [1.807, 2.05) is 0 Å². The third kappa shape index (κ3) is 7.55. The molecule has 0 aliphatic heterocycles. The molecule has 0 spiro atoms. The summed E-state index contributed by atoms with van der Waals surface area (Å²) >= 11 is 0. The molecule has 5 nitrogen and oxygen atoms in total. The van der Waals surface area contributed by atoms with Crippen LogP contribution in [-0.4, -0.2) is 30.5 Å². The summed E-state index contributed by atoms with van der Waals surface area (Å²) in [6.07, 6.45) is -5.08. The van der Waals surface area contributed by atoms with Crippen molar-refractivity contribution in [1.82, 2.24) is 5.32 Å². The van der Waals surface area contributed by atoms with E-state index in [2.05, 4.69) is 6.58 Å². The van der Waals surface area contributed by atoms with Crippen LogP contribution < -0.4 is 5.32 Å². The number of aliphatic hydroxyl groups excluding tert-OH is 1. The molecule has 0 saturated carbocycles. The van der Waals surface area contributed by atoms with Crippen LogP contribution in [0.1, 0.15) is 0 Å². The van der Waals surface area contributed by atoms with Crippen LogP contribution in [0.2, 0.25) is 0 Å². The van der Waals surface area contributed by atoms with Crippen molar-refractivity contribution in [2.75, 3.05) is 0 Å². The largest absolute Gasteiger partial charge is 0.433 e. The zero-order valence-electron chi connectivity index (χ0n) is 8.35. The minimum absolute atomic E-state index is 0.262. The molecule has 0 amide bonds. The average molecular weight is 273 g/mol.